The monoisotopic (exact) mass is 291 g/mol. The van der Waals surface area contributed by atoms with Crippen LogP contribution < -0.4 is 4.72 Å². The van der Waals surface area contributed by atoms with Crippen LogP contribution in [0.4, 0.5) is 0 Å². The molecule has 1 aliphatic heterocycles. The fourth-order valence-corrected chi connectivity index (χ4v) is 4.33. The number of hydrogen-bond acceptors (Lipinski definition) is 5. The highest BCUT2D eigenvalue weighted by atomic mass is 32.2. The smallest absolute Gasteiger partial charge is 0.257 e. The molecule has 102 valence electrons. The van der Waals surface area contributed by atoms with Gasteiger partial charge in [-0.15, -0.1) is 0 Å². The van der Waals surface area contributed by atoms with Gasteiger partial charge in [0.25, 0.3) is 10.0 Å². The van der Waals surface area contributed by atoms with E-state index in [0.29, 0.717) is 18.0 Å². The highest BCUT2D eigenvalue weighted by molar-refractivity contribution is 7.99. The van der Waals surface area contributed by atoms with Crippen LogP contribution in [0.1, 0.15) is 18.4 Å². The maximum atomic E-state index is 12.0. The summed E-state index contributed by atoms with van der Waals surface area (Å²) in [5.74, 6) is 2.60. The highest BCUT2D eigenvalue weighted by Gasteiger charge is 2.22. The van der Waals surface area contributed by atoms with Gasteiger partial charge in [0.1, 0.15) is 0 Å². The van der Waals surface area contributed by atoms with Crippen molar-refractivity contribution >= 4 is 21.8 Å². The Labute approximate surface area is 111 Å². The van der Waals surface area contributed by atoms with Crippen molar-refractivity contribution < 1.29 is 13.5 Å². The number of aliphatic hydroxyl groups excluding tert-OH is 1. The summed E-state index contributed by atoms with van der Waals surface area (Å²) >= 11 is 1.91. The van der Waals surface area contributed by atoms with Gasteiger partial charge < -0.3 is 5.11 Å². The summed E-state index contributed by atoms with van der Waals surface area (Å²) in [4.78, 5) is 0. The molecule has 0 amide bonds. The first-order valence-electron chi connectivity index (χ1n) is 5.84. The summed E-state index contributed by atoms with van der Waals surface area (Å²) < 4.78 is 26.6. The lowest BCUT2D eigenvalue weighted by Gasteiger charge is -2.21. The maximum absolute atomic E-state index is 12.0. The molecule has 1 fully saturated rings. The molecule has 8 heteroatoms. The van der Waals surface area contributed by atoms with E-state index in [0.717, 1.165) is 24.3 Å². The molecule has 0 aliphatic carbocycles. The molecule has 1 saturated heterocycles. The van der Waals surface area contributed by atoms with E-state index in [1.807, 2.05) is 11.8 Å². The number of rotatable bonds is 5. The number of sulfonamides is 1. The Morgan fingerprint density at radius 1 is 1.50 bits per heavy atom. The zero-order valence-electron chi connectivity index (χ0n) is 9.92. The Morgan fingerprint density at radius 2 is 2.22 bits per heavy atom. The number of aliphatic hydroxyl groups is 1. The van der Waals surface area contributed by atoms with Crippen molar-refractivity contribution in [1.82, 2.24) is 14.9 Å². The zero-order valence-corrected chi connectivity index (χ0v) is 11.6. The highest BCUT2D eigenvalue weighted by Crippen LogP contribution is 2.22. The van der Waals surface area contributed by atoms with Gasteiger partial charge in [-0.25, -0.2) is 13.1 Å². The van der Waals surface area contributed by atoms with Gasteiger partial charge in [-0.2, -0.15) is 16.9 Å². The number of thioether (sulfide) groups is 1. The predicted octanol–water partition coefficient (Wildman–Crippen LogP) is 0.323. The average molecular weight is 291 g/mol. The van der Waals surface area contributed by atoms with E-state index < -0.39 is 10.0 Å². The first-order chi connectivity index (χ1) is 8.63. The number of nitrogens with one attached hydrogen (secondary N) is 2. The number of aromatic nitrogens is 2. The van der Waals surface area contributed by atoms with Crippen LogP contribution in [-0.2, 0) is 16.6 Å². The van der Waals surface area contributed by atoms with Gasteiger partial charge in [0, 0.05) is 12.1 Å². The van der Waals surface area contributed by atoms with Gasteiger partial charge in [-0.1, -0.05) is 0 Å². The molecule has 1 aliphatic rings. The quantitative estimate of drug-likeness (QED) is 0.726. The number of H-pyrrole nitrogens is 1. The molecule has 0 aromatic carbocycles. The summed E-state index contributed by atoms with van der Waals surface area (Å²) in [6.45, 7) is 0.111. The van der Waals surface area contributed by atoms with E-state index in [9.17, 15) is 8.42 Å². The molecule has 1 aromatic heterocycles. The predicted molar refractivity (Wildman–Crippen MR) is 69.7 cm³/mol. The fraction of sp³-hybridized carbons (Fsp3) is 0.700. The van der Waals surface area contributed by atoms with Gasteiger partial charge in [-0.05, 0) is 30.3 Å². The molecule has 1 aromatic rings. The van der Waals surface area contributed by atoms with Crippen LogP contribution in [0.3, 0.4) is 0 Å². The minimum atomic E-state index is -3.59. The van der Waals surface area contributed by atoms with E-state index in [-0.39, 0.29) is 11.6 Å². The molecule has 6 nitrogen and oxygen atoms in total. The van der Waals surface area contributed by atoms with Crippen molar-refractivity contribution in [2.75, 3.05) is 18.1 Å². The first-order valence-corrected chi connectivity index (χ1v) is 8.48. The zero-order chi connectivity index (χ0) is 13.0. The van der Waals surface area contributed by atoms with Crippen molar-refractivity contribution in [3.05, 3.63) is 11.8 Å². The van der Waals surface area contributed by atoms with Crippen molar-refractivity contribution in [3.8, 4) is 0 Å². The summed E-state index contributed by atoms with van der Waals surface area (Å²) in [6.07, 6.45) is 3.41. The van der Waals surface area contributed by atoms with Gasteiger partial charge in [0.2, 0.25) is 0 Å². The lowest BCUT2D eigenvalue weighted by Crippen LogP contribution is -2.31. The molecule has 0 saturated carbocycles. The third kappa shape index (κ3) is 3.25. The second-order valence-corrected chi connectivity index (χ2v) is 7.22. The van der Waals surface area contributed by atoms with Gasteiger partial charge >= 0.3 is 0 Å². The van der Waals surface area contributed by atoms with Gasteiger partial charge in [0.05, 0.1) is 12.8 Å². The van der Waals surface area contributed by atoms with E-state index in [2.05, 4.69) is 14.9 Å². The van der Waals surface area contributed by atoms with Crippen molar-refractivity contribution in [1.29, 1.82) is 0 Å². The lowest BCUT2D eigenvalue weighted by molar-refractivity contribution is 0.278. The van der Waals surface area contributed by atoms with Crippen LogP contribution in [0.2, 0.25) is 0 Å². The molecular weight excluding hydrogens is 274 g/mol. The Kier molecular flexibility index (Phi) is 4.66. The van der Waals surface area contributed by atoms with Crippen LogP contribution in [0, 0.1) is 5.92 Å². The Bertz CT molecular complexity index is 480. The molecule has 0 spiro atoms. The summed E-state index contributed by atoms with van der Waals surface area (Å²) in [5, 5.41) is 15.1. The first kappa shape index (κ1) is 13.9. The second-order valence-electron chi connectivity index (χ2n) is 4.29. The molecule has 3 N–H and O–H groups in total. The van der Waals surface area contributed by atoms with Gasteiger partial charge in [0.15, 0.2) is 5.03 Å². The summed E-state index contributed by atoms with van der Waals surface area (Å²) in [6, 6.07) is 0. The minimum absolute atomic E-state index is 0.0322. The van der Waals surface area contributed by atoms with Crippen LogP contribution >= 0.6 is 11.8 Å². The second kappa shape index (κ2) is 6.05. The maximum Gasteiger partial charge on any atom is 0.257 e. The van der Waals surface area contributed by atoms with Crippen molar-refractivity contribution in [2.45, 2.75) is 24.5 Å². The van der Waals surface area contributed by atoms with Crippen LogP contribution in [0.25, 0.3) is 0 Å². The lowest BCUT2D eigenvalue weighted by atomic mass is 10.0. The molecule has 2 rings (SSSR count). The largest absolute Gasteiger partial charge is 0.392 e. The molecule has 2 heterocycles. The van der Waals surface area contributed by atoms with E-state index >= 15 is 0 Å². The summed E-state index contributed by atoms with van der Waals surface area (Å²) in [7, 11) is -3.59. The van der Waals surface area contributed by atoms with Crippen LogP contribution in [-0.4, -0.2) is 41.8 Å². The standard InChI is InChI=1S/C10H17N3O3S2/c14-7-9-6-11-13-10(9)18(15,16)12-5-8-1-3-17-4-2-8/h6,8,12,14H,1-5,7H2,(H,11,13). The van der Waals surface area contributed by atoms with Crippen molar-refractivity contribution in [2.24, 2.45) is 5.92 Å². The minimum Gasteiger partial charge on any atom is -0.392 e. The number of aromatic amines is 1. The number of nitrogens with zero attached hydrogens (tertiary/aromatic N) is 1. The van der Waals surface area contributed by atoms with E-state index in [1.165, 1.54) is 6.20 Å². The van der Waals surface area contributed by atoms with Crippen LogP contribution in [0.15, 0.2) is 11.2 Å². The third-order valence-electron chi connectivity index (χ3n) is 3.02. The molecular formula is C10H17N3O3S2. The van der Waals surface area contributed by atoms with E-state index in [1.54, 1.807) is 0 Å². The number of hydrogen-bond donors (Lipinski definition) is 3. The Morgan fingerprint density at radius 3 is 2.89 bits per heavy atom. The fourth-order valence-electron chi connectivity index (χ4n) is 1.89. The van der Waals surface area contributed by atoms with Crippen molar-refractivity contribution in [3.63, 3.8) is 0 Å². The van der Waals surface area contributed by atoms with E-state index in [4.69, 9.17) is 5.11 Å². The average Bonchev–Trinajstić information content (AvgIpc) is 2.87. The SMILES string of the molecule is O=S(=O)(NCC1CCSCC1)c1[nH]ncc1CO. The normalized spacial score (nSPS) is 18.1. The molecule has 0 bridgehead atoms. The topological polar surface area (TPSA) is 95.1 Å². The molecule has 0 atom stereocenters. The molecule has 18 heavy (non-hydrogen) atoms. The Balaban J connectivity index is 1.99. The summed E-state index contributed by atoms with van der Waals surface area (Å²) in [5.41, 5.74) is 0.293. The van der Waals surface area contributed by atoms with Crippen LogP contribution in [0.5, 0.6) is 0 Å². The Hall–Kier alpha value is -0.570. The van der Waals surface area contributed by atoms with Gasteiger partial charge in [-0.3, -0.25) is 5.10 Å². The molecule has 0 unspecified atom stereocenters. The third-order valence-corrected chi connectivity index (χ3v) is 5.51. The molecule has 0 radical (unpaired) electrons.